The molecule has 5 aliphatic rings. The third-order valence-electron chi connectivity index (χ3n) is 12.5. The minimum Gasteiger partial charge on any atom is -0.462 e. The number of rotatable bonds is 4. The summed E-state index contributed by atoms with van der Waals surface area (Å²) in [7, 11) is 0. The highest BCUT2D eigenvalue weighted by atomic mass is 16.6. The van der Waals surface area contributed by atoms with E-state index in [-0.39, 0.29) is 52.0 Å². The summed E-state index contributed by atoms with van der Waals surface area (Å²) in [6.45, 7) is 15.8. The molecule has 0 radical (unpaired) electrons. The maximum absolute atomic E-state index is 13.1. The number of Topliss-reactive ketones (excluding diaryl/α,β-unsaturated/α-hetero) is 1. The van der Waals surface area contributed by atoms with Crippen LogP contribution in [0.5, 0.6) is 0 Å². The Kier molecular flexibility index (Phi) is 6.82. The van der Waals surface area contributed by atoms with E-state index < -0.39 is 29.5 Å². The Morgan fingerprint density at radius 3 is 2.41 bits per heavy atom. The van der Waals surface area contributed by atoms with Crippen molar-refractivity contribution in [2.45, 2.75) is 131 Å². The Morgan fingerprint density at radius 1 is 1.13 bits per heavy atom. The fraction of sp³-hybridized carbons (Fsp3) is 0.875. The average molecular weight is 547 g/mol. The van der Waals surface area contributed by atoms with Crippen molar-refractivity contribution in [3.63, 3.8) is 0 Å². The highest BCUT2D eigenvalue weighted by Gasteiger charge is 2.69. The normalized spacial score (nSPS) is 48.0. The molecule has 0 aromatic rings. The molecular weight excluding hydrogens is 496 g/mol. The van der Waals surface area contributed by atoms with Crippen molar-refractivity contribution >= 4 is 11.8 Å². The van der Waals surface area contributed by atoms with Gasteiger partial charge in [0.2, 0.25) is 0 Å². The summed E-state index contributed by atoms with van der Waals surface area (Å²) in [4.78, 5) is 25.5. The van der Waals surface area contributed by atoms with Gasteiger partial charge in [0.15, 0.2) is 6.29 Å². The van der Waals surface area contributed by atoms with Crippen LogP contribution in [0.15, 0.2) is 11.6 Å². The largest absolute Gasteiger partial charge is 0.462 e. The molecule has 4 aliphatic carbocycles. The quantitative estimate of drug-likeness (QED) is 0.350. The molecule has 220 valence electrons. The van der Waals surface area contributed by atoms with E-state index in [2.05, 4.69) is 40.7 Å². The minimum absolute atomic E-state index is 0.0407. The van der Waals surface area contributed by atoms with Crippen molar-refractivity contribution in [2.75, 3.05) is 0 Å². The first kappa shape index (κ1) is 29.2. The van der Waals surface area contributed by atoms with E-state index in [9.17, 15) is 24.9 Å². The number of carbonyl (C=O) groups excluding carboxylic acids is 2. The summed E-state index contributed by atoms with van der Waals surface area (Å²) in [6, 6.07) is 0. The second kappa shape index (κ2) is 9.11. The Hall–Kier alpha value is -1.28. The number of allylic oxidation sites excluding steroid dienone is 1. The van der Waals surface area contributed by atoms with Gasteiger partial charge in [-0.15, -0.1) is 0 Å². The minimum atomic E-state index is -1.33. The molecule has 0 aromatic heterocycles. The van der Waals surface area contributed by atoms with Crippen LogP contribution in [0.25, 0.3) is 0 Å². The zero-order valence-electron chi connectivity index (χ0n) is 25.1. The van der Waals surface area contributed by atoms with Crippen LogP contribution >= 0.6 is 0 Å². The van der Waals surface area contributed by atoms with Crippen LogP contribution in [0.2, 0.25) is 0 Å². The zero-order chi connectivity index (χ0) is 28.9. The lowest BCUT2D eigenvalue weighted by atomic mass is 9.37. The predicted molar refractivity (Wildman–Crippen MR) is 146 cm³/mol. The number of ketones is 1. The van der Waals surface area contributed by atoms with Crippen molar-refractivity contribution in [3.05, 3.63) is 11.6 Å². The summed E-state index contributed by atoms with van der Waals surface area (Å²) in [5, 5.41) is 32.1. The van der Waals surface area contributed by atoms with Crippen LogP contribution in [-0.2, 0) is 19.1 Å². The second-order valence-electron chi connectivity index (χ2n) is 15.4. The molecule has 0 aromatic carbocycles. The van der Waals surface area contributed by atoms with Crippen LogP contribution in [0.1, 0.15) is 100 Å². The average Bonchev–Trinajstić information content (AvgIpc) is 3.36. The SMILES string of the molecule is CC(=O)O[C@@H]1C[C@H]2C(C)(C)C(=O)CC[C@]2(C)[C@H]2CC[C@@]3(C)C(=CC[C@@H]3[C@H]3C[C@H]([C@H](O)C(C)(C)O)O[C@@H]3O)[C@@]21C. The highest BCUT2D eigenvalue weighted by molar-refractivity contribution is 5.85. The van der Waals surface area contributed by atoms with E-state index in [0.29, 0.717) is 25.0 Å². The first-order chi connectivity index (χ1) is 17.9. The molecule has 11 atom stereocenters. The smallest absolute Gasteiger partial charge is 0.302 e. The molecule has 1 saturated heterocycles. The summed E-state index contributed by atoms with van der Waals surface area (Å²) in [5.74, 6) is 0.393. The lowest BCUT2D eigenvalue weighted by molar-refractivity contribution is -0.206. The Balaban J connectivity index is 1.50. The Labute approximate surface area is 233 Å². The fourth-order valence-corrected chi connectivity index (χ4v) is 10.5. The van der Waals surface area contributed by atoms with Crippen molar-refractivity contribution in [2.24, 2.45) is 45.3 Å². The van der Waals surface area contributed by atoms with Gasteiger partial charge < -0.3 is 24.8 Å². The molecule has 1 aliphatic heterocycles. The van der Waals surface area contributed by atoms with Gasteiger partial charge in [-0.1, -0.05) is 46.3 Å². The van der Waals surface area contributed by atoms with Gasteiger partial charge in [0.25, 0.3) is 0 Å². The van der Waals surface area contributed by atoms with Gasteiger partial charge in [-0.05, 0) is 81.0 Å². The molecule has 0 amide bonds. The van der Waals surface area contributed by atoms with Crippen LogP contribution in [0, 0.1) is 45.3 Å². The van der Waals surface area contributed by atoms with Gasteiger partial charge >= 0.3 is 5.97 Å². The number of hydrogen-bond donors (Lipinski definition) is 3. The number of esters is 1. The maximum Gasteiger partial charge on any atom is 0.302 e. The summed E-state index contributed by atoms with van der Waals surface area (Å²) >= 11 is 0. The first-order valence-corrected chi connectivity index (χ1v) is 15.0. The number of ether oxygens (including phenoxy) is 2. The topological polar surface area (TPSA) is 113 Å². The van der Waals surface area contributed by atoms with Crippen molar-refractivity contribution in [1.29, 1.82) is 0 Å². The van der Waals surface area contributed by atoms with Crippen LogP contribution in [0.4, 0.5) is 0 Å². The van der Waals surface area contributed by atoms with Crippen molar-refractivity contribution in [3.8, 4) is 0 Å². The molecule has 3 saturated carbocycles. The van der Waals surface area contributed by atoms with Crippen molar-refractivity contribution < 1.29 is 34.4 Å². The van der Waals surface area contributed by atoms with Gasteiger partial charge in [-0.25, -0.2) is 0 Å². The van der Waals surface area contributed by atoms with Gasteiger partial charge in [0, 0.05) is 30.1 Å². The number of carbonyl (C=O) groups is 2. The maximum atomic E-state index is 13.1. The van der Waals surface area contributed by atoms with E-state index in [4.69, 9.17) is 9.47 Å². The molecule has 5 rings (SSSR count). The fourth-order valence-electron chi connectivity index (χ4n) is 10.5. The molecule has 0 bridgehead atoms. The van der Waals surface area contributed by atoms with E-state index >= 15 is 0 Å². The van der Waals surface area contributed by atoms with E-state index in [1.165, 1.54) is 12.5 Å². The predicted octanol–water partition coefficient (Wildman–Crippen LogP) is 4.56. The second-order valence-corrected chi connectivity index (χ2v) is 15.4. The summed E-state index contributed by atoms with van der Waals surface area (Å²) in [6.07, 6.45) is 4.65. The van der Waals surface area contributed by atoms with Crippen LogP contribution in [-0.4, -0.2) is 57.3 Å². The van der Waals surface area contributed by atoms with Gasteiger partial charge in [0.05, 0.1) is 11.7 Å². The first-order valence-electron chi connectivity index (χ1n) is 15.0. The lowest BCUT2D eigenvalue weighted by Crippen LogP contribution is -2.65. The lowest BCUT2D eigenvalue weighted by Gasteiger charge is -2.67. The third-order valence-corrected chi connectivity index (χ3v) is 12.5. The molecule has 3 N–H and O–H groups in total. The molecular formula is C32H50O7. The third kappa shape index (κ3) is 4.11. The molecule has 7 heteroatoms. The van der Waals surface area contributed by atoms with Crippen LogP contribution < -0.4 is 0 Å². The standard InChI is InChI=1S/C32H50O7/c1-17(33)38-25-16-23-28(2,3)24(34)12-14-31(23,7)22-11-13-30(6)19(9-10-21(30)32(22,25)8)18-15-20(39-27(18)36)26(35)29(4,5)37/h10,18-20,22-23,25-27,35-37H,9,11-16H2,1-8H3/t18-,19-,20-,22-,23+,25-,26+,27+,30-,31-,32+/m1/s1. The summed E-state index contributed by atoms with van der Waals surface area (Å²) in [5.41, 5.74) is -1.07. The number of aliphatic hydroxyl groups is 3. The molecule has 0 spiro atoms. The van der Waals surface area contributed by atoms with Crippen molar-refractivity contribution in [1.82, 2.24) is 0 Å². The van der Waals surface area contributed by atoms with E-state index in [0.717, 1.165) is 25.7 Å². The Morgan fingerprint density at radius 2 is 1.79 bits per heavy atom. The Bertz CT molecular complexity index is 1060. The molecule has 0 unspecified atom stereocenters. The molecule has 7 nitrogen and oxygen atoms in total. The summed E-state index contributed by atoms with van der Waals surface area (Å²) < 4.78 is 12.0. The van der Waals surface area contributed by atoms with E-state index in [1.807, 2.05) is 0 Å². The molecule has 4 fully saturated rings. The van der Waals surface area contributed by atoms with E-state index in [1.54, 1.807) is 13.8 Å². The van der Waals surface area contributed by atoms with Gasteiger partial charge in [0.1, 0.15) is 18.0 Å². The van der Waals surface area contributed by atoms with Gasteiger partial charge in [-0.3, -0.25) is 9.59 Å². The number of fused-ring (bicyclic) bond motifs is 5. The highest BCUT2D eigenvalue weighted by Crippen LogP contribution is 2.73. The van der Waals surface area contributed by atoms with Gasteiger partial charge in [-0.2, -0.15) is 0 Å². The zero-order valence-corrected chi connectivity index (χ0v) is 25.1. The molecule has 1 heterocycles. The number of aliphatic hydroxyl groups excluding tert-OH is 2. The molecule has 39 heavy (non-hydrogen) atoms. The van der Waals surface area contributed by atoms with Crippen LogP contribution in [0.3, 0.4) is 0 Å². The monoisotopic (exact) mass is 546 g/mol. The number of hydrogen-bond acceptors (Lipinski definition) is 7.